The highest BCUT2D eigenvalue weighted by atomic mass is 35.5. The number of pyridine rings is 1. The Morgan fingerprint density at radius 2 is 1.48 bits per heavy atom. The summed E-state index contributed by atoms with van der Waals surface area (Å²) >= 11 is 12.7. The van der Waals surface area contributed by atoms with Gasteiger partial charge in [0.2, 0.25) is 11.8 Å². The number of amides is 4. The van der Waals surface area contributed by atoms with Crippen LogP contribution in [-0.2, 0) is 30.8 Å². The molecule has 0 bridgehead atoms. The normalized spacial score (nSPS) is 24.1. The average Bonchev–Trinajstić information content (AvgIpc) is 3.67. The lowest BCUT2D eigenvalue weighted by atomic mass is 9.49. The van der Waals surface area contributed by atoms with Crippen LogP contribution in [0.15, 0.2) is 139 Å². The summed E-state index contributed by atoms with van der Waals surface area (Å²) in [7, 11) is 0. The molecule has 4 aliphatic rings. The first-order valence-electron chi connectivity index (χ1n) is 20.3. The summed E-state index contributed by atoms with van der Waals surface area (Å²) in [5.74, 6) is -8.48. The zero-order chi connectivity index (χ0) is 44.8. The molecule has 0 unspecified atom stereocenters. The molecule has 0 spiro atoms. The van der Waals surface area contributed by atoms with Crippen LogP contribution in [0.1, 0.15) is 51.4 Å². The zero-order valence-corrected chi connectivity index (χ0v) is 34.7. The number of alkyl halides is 3. The molecule has 1 aromatic heterocycles. The number of carbonyl (C=O) groups excluding carboxylic acids is 5. The SMILES string of the molecule is O=C(c1ccccc1)c1ccc(N2C(=O)[C@H]3[C@H](CC=C4[C@H]3C[C@H]3C(=O)N(Nc5ncc(C(F)(F)F)cc5Cl)C(=O)[C@@]3(c3ccc(Cl)cc3)[C@H]4c3ccc4ccccc4c3O)C2=O)cc1. The van der Waals surface area contributed by atoms with E-state index in [0.29, 0.717) is 55.3 Å². The number of hydrogen-bond donors (Lipinski definition) is 2. The third kappa shape index (κ3) is 6.23. The maximum atomic E-state index is 15.6. The van der Waals surface area contributed by atoms with Crippen molar-refractivity contribution < 1.29 is 42.3 Å². The number of halogens is 5. The number of fused-ring (bicyclic) bond motifs is 5. The number of phenols is 1. The third-order valence-electron chi connectivity index (χ3n) is 13.2. The monoisotopic (exact) mass is 900 g/mol. The Kier molecular flexibility index (Phi) is 9.76. The van der Waals surface area contributed by atoms with E-state index in [1.807, 2.05) is 12.1 Å². The molecule has 5 aromatic carbocycles. The molecule has 15 heteroatoms. The highest BCUT2D eigenvalue weighted by molar-refractivity contribution is 6.33. The van der Waals surface area contributed by atoms with Crippen LogP contribution in [0.5, 0.6) is 5.75 Å². The highest BCUT2D eigenvalue weighted by Crippen LogP contribution is 2.65. The molecule has 1 saturated carbocycles. The van der Waals surface area contributed by atoms with Gasteiger partial charge in [-0.05, 0) is 72.2 Å². The molecule has 2 saturated heterocycles. The van der Waals surface area contributed by atoms with E-state index in [4.69, 9.17) is 23.2 Å². The van der Waals surface area contributed by atoms with Crippen LogP contribution < -0.4 is 10.3 Å². The number of aromatic hydroxyl groups is 1. The fraction of sp³-hybridized carbons (Fsp3) is 0.184. The van der Waals surface area contributed by atoms with E-state index < -0.39 is 81.2 Å². The summed E-state index contributed by atoms with van der Waals surface area (Å²) in [5, 5.41) is 13.9. The van der Waals surface area contributed by atoms with Gasteiger partial charge in [-0.3, -0.25) is 34.3 Å². The number of allylic oxidation sites excluding steroid dienone is 2. The molecule has 2 aliphatic carbocycles. The largest absolute Gasteiger partial charge is 0.507 e. The smallest absolute Gasteiger partial charge is 0.417 e. The Labute approximate surface area is 372 Å². The van der Waals surface area contributed by atoms with Gasteiger partial charge in [-0.1, -0.05) is 114 Å². The molecule has 320 valence electrons. The number of anilines is 2. The zero-order valence-electron chi connectivity index (χ0n) is 33.2. The molecule has 10 rings (SSSR count). The van der Waals surface area contributed by atoms with Crippen molar-refractivity contribution in [2.45, 2.75) is 30.4 Å². The summed E-state index contributed by atoms with van der Waals surface area (Å²) in [6, 6.07) is 32.4. The van der Waals surface area contributed by atoms with Gasteiger partial charge in [0, 0.05) is 39.2 Å². The fourth-order valence-corrected chi connectivity index (χ4v) is 10.7. The van der Waals surface area contributed by atoms with Crippen LogP contribution in [0.2, 0.25) is 10.0 Å². The number of hydrazine groups is 1. The van der Waals surface area contributed by atoms with Crippen LogP contribution >= 0.6 is 23.2 Å². The van der Waals surface area contributed by atoms with Gasteiger partial charge in [-0.25, -0.2) is 4.98 Å². The molecule has 3 heterocycles. The van der Waals surface area contributed by atoms with E-state index in [2.05, 4.69) is 10.4 Å². The lowest BCUT2D eigenvalue weighted by molar-refractivity contribution is -0.139. The molecular formula is C49H33Cl2F3N4O6. The number of nitrogens with one attached hydrogen (secondary N) is 1. The molecule has 0 radical (unpaired) electrons. The topological polar surface area (TPSA) is 137 Å². The molecule has 2 aliphatic heterocycles. The minimum absolute atomic E-state index is 0.0868. The Hall–Kier alpha value is -6.83. The van der Waals surface area contributed by atoms with Crippen LogP contribution in [-0.4, -0.2) is 44.5 Å². The van der Waals surface area contributed by atoms with Crippen LogP contribution in [0.4, 0.5) is 24.7 Å². The minimum Gasteiger partial charge on any atom is -0.507 e. The number of benzene rings is 5. The summed E-state index contributed by atoms with van der Waals surface area (Å²) in [6.07, 6.45) is -2.45. The number of aromatic nitrogens is 1. The number of carbonyl (C=O) groups is 5. The van der Waals surface area contributed by atoms with Crippen molar-refractivity contribution in [2.24, 2.45) is 23.7 Å². The van der Waals surface area contributed by atoms with Gasteiger partial charge in [0.25, 0.3) is 11.8 Å². The molecule has 4 amide bonds. The van der Waals surface area contributed by atoms with Crippen molar-refractivity contribution in [3.63, 3.8) is 0 Å². The van der Waals surface area contributed by atoms with E-state index in [0.717, 1.165) is 4.90 Å². The van der Waals surface area contributed by atoms with Crippen LogP contribution in [0, 0.1) is 23.7 Å². The maximum absolute atomic E-state index is 15.6. The number of hydrogen-bond acceptors (Lipinski definition) is 8. The van der Waals surface area contributed by atoms with E-state index >= 15 is 9.59 Å². The number of rotatable bonds is 7. The maximum Gasteiger partial charge on any atom is 0.417 e. The van der Waals surface area contributed by atoms with Crippen molar-refractivity contribution in [1.82, 2.24) is 9.99 Å². The molecule has 3 fully saturated rings. The van der Waals surface area contributed by atoms with Gasteiger partial charge < -0.3 is 5.11 Å². The van der Waals surface area contributed by atoms with Gasteiger partial charge in [0.05, 0.1) is 39.4 Å². The Balaban J connectivity index is 1.11. The van der Waals surface area contributed by atoms with E-state index in [1.165, 1.54) is 0 Å². The average molecular weight is 902 g/mol. The van der Waals surface area contributed by atoms with Crippen molar-refractivity contribution in [3.8, 4) is 5.75 Å². The van der Waals surface area contributed by atoms with E-state index in [1.54, 1.807) is 109 Å². The van der Waals surface area contributed by atoms with Gasteiger partial charge in [-0.2, -0.15) is 18.2 Å². The summed E-state index contributed by atoms with van der Waals surface area (Å²) in [6.45, 7) is 0. The standard InChI is InChI=1S/C49H33Cl2F3N4O6/c50-30-15-13-28(14-16-30)48-37(45(62)58(47(48)64)56-43-38(51)22-29(24-55-43)49(52,53)54)23-36-33(40(48)35-19-12-25-6-4-5-9-32(25)42(35)60)20-21-34-39(36)46(63)57(44(34)61)31-17-10-27(11-18-31)41(59)26-7-2-1-3-8-26/h1-20,22,24,34,36-37,39-40,60H,21,23H2,(H,55,56)/t34-,36+,37-,39-,40+,48+/m0/s1. The first-order valence-corrected chi connectivity index (χ1v) is 21.1. The van der Waals surface area contributed by atoms with Gasteiger partial charge in [0.1, 0.15) is 5.75 Å². The highest BCUT2D eigenvalue weighted by Gasteiger charge is 2.71. The molecule has 10 nitrogen and oxygen atoms in total. The number of phenolic OH excluding ortho intramolecular Hbond substituents is 1. The molecular weight excluding hydrogens is 868 g/mol. The van der Waals surface area contributed by atoms with Crippen molar-refractivity contribution in [3.05, 3.63) is 177 Å². The summed E-state index contributed by atoms with van der Waals surface area (Å²) < 4.78 is 40.8. The van der Waals surface area contributed by atoms with E-state index in [9.17, 15) is 32.7 Å². The van der Waals surface area contributed by atoms with Gasteiger partial charge in [-0.15, -0.1) is 0 Å². The Morgan fingerprint density at radius 3 is 2.19 bits per heavy atom. The van der Waals surface area contributed by atoms with Crippen LogP contribution in [0.25, 0.3) is 10.8 Å². The minimum atomic E-state index is -4.78. The van der Waals surface area contributed by atoms with Crippen molar-refractivity contribution >= 4 is 74.9 Å². The fourth-order valence-electron chi connectivity index (χ4n) is 10.4. The lowest BCUT2D eigenvalue weighted by Crippen LogP contribution is -2.53. The third-order valence-corrected chi connectivity index (χ3v) is 13.8. The first-order chi connectivity index (χ1) is 30.7. The number of imide groups is 2. The molecule has 6 atom stereocenters. The predicted octanol–water partition coefficient (Wildman–Crippen LogP) is 9.69. The quantitative estimate of drug-likeness (QED) is 0.0919. The van der Waals surface area contributed by atoms with Crippen molar-refractivity contribution in [1.29, 1.82) is 0 Å². The van der Waals surface area contributed by atoms with Gasteiger partial charge >= 0.3 is 6.18 Å². The second-order valence-corrected chi connectivity index (χ2v) is 17.2. The van der Waals surface area contributed by atoms with Gasteiger partial charge in [0.15, 0.2) is 11.6 Å². The predicted molar refractivity (Wildman–Crippen MR) is 231 cm³/mol. The summed E-state index contributed by atoms with van der Waals surface area (Å²) in [5.41, 5.74) is 1.88. The second kappa shape index (κ2) is 15.2. The summed E-state index contributed by atoms with van der Waals surface area (Å²) in [4.78, 5) is 78.1. The molecule has 2 N–H and O–H groups in total. The van der Waals surface area contributed by atoms with E-state index in [-0.39, 0.29) is 35.6 Å². The molecule has 6 aromatic rings. The number of nitrogens with zero attached hydrogens (tertiary/aromatic N) is 3. The van der Waals surface area contributed by atoms with Crippen molar-refractivity contribution in [2.75, 3.05) is 10.3 Å². The molecule has 64 heavy (non-hydrogen) atoms. The Bertz CT molecular complexity index is 3000. The first kappa shape index (κ1) is 41.2. The second-order valence-electron chi connectivity index (χ2n) is 16.4. The van der Waals surface area contributed by atoms with Crippen LogP contribution in [0.3, 0.4) is 0 Å². The lowest BCUT2D eigenvalue weighted by Gasteiger charge is -2.50. The Morgan fingerprint density at radius 1 is 0.797 bits per heavy atom. The number of ketones is 1.